The summed E-state index contributed by atoms with van der Waals surface area (Å²) >= 11 is 11.9. The summed E-state index contributed by atoms with van der Waals surface area (Å²) in [5, 5.41) is 4.32. The molecule has 0 aliphatic heterocycles. The van der Waals surface area contributed by atoms with Crippen LogP contribution in [0.15, 0.2) is 42.5 Å². The molecule has 0 atom stereocenters. The van der Waals surface area contributed by atoms with Crippen molar-refractivity contribution in [3.63, 3.8) is 0 Å². The van der Waals surface area contributed by atoms with Crippen molar-refractivity contribution in [3.05, 3.63) is 58.1 Å². The summed E-state index contributed by atoms with van der Waals surface area (Å²) in [6.45, 7) is 5.17. The van der Waals surface area contributed by atoms with Gasteiger partial charge in [-0.2, -0.15) is 0 Å². The first-order valence-corrected chi connectivity index (χ1v) is 8.32. The molecule has 0 bridgehead atoms. The highest BCUT2D eigenvalue weighted by atomic mass is 35.5. The predicted octanol–water partition coefficient (Wildman–Crippen LogP) is 5.16. The topological polar surface area (TPSA) is 32.3 Å². The SMILES string of the molecule is CCN(C(=O)CCNc1cc(Cl)cc(Cl)c1)c1cccc(C)c1. The monoisotopic (exact) mass is 350 g/mol. The number of aryl methyl sites for hydroxylation is 1. The van der Waals surface area contributed by atoms with E-state index in [-0.39, 0.29) is 5.91 Å². The third-order valence-corrected chi connectivity index (χ3v) is 3.90. The van der Waals surface area contributed by atoms with E-state index in [1.807, 2.05) is 38.1 Å². The lowest BCUT2D eigenvalue weighted by Crippen LogP contribution is -2.31. The number of carbonyl (C=O) groups is 1. The van der Waals surface area contributed by atoms with Crippen molar-refractivity contribution >= 4 is 40.5 Å². The molecule has 0 aliphatic carbocycles. The van der Waals surface area contributed by atoms with Gasteiger partial charge in [-0.3, -0.25) is 4.79 Å². The summed E-state index contributed by atoms with van der Waals surface area (Å²) in [4.78, 5) is 14.2. The van der Waals surface area contributed by atoms with Gasteiger partial charge < -0.3 is 10.2 Å². The fraction of sp³-hybridized carbons (Fsp3) is 0.278. The normalized spacial score (nSPS) is 10.4. The molecule has 0 radical (unpaired) electrons. The molecule has 0 aromatic heterocycles. The Bertz CT molecular complexity index is 668. The van der Waals surface area contributed by atoms with E-state index in [1.54, 1.807) is 23.1 Å². The highest BCUT2D eigenvalue weighted by Crippen LogP contribution is 2.22. The molecule has 1 amide bonds. The Morgan fingerprint density at radius 3 is 2.43 bits per heavy atom. The van der Waals surface area contributed by atoms with Gasteiger partial charge in [-0.25, -0.2) is 0 Å². The molecular weight excluding hydrogens is 331 g/mol. The minimum Gasteiger partial charge on any atom is -0.384 e. The molecule has 0 fully saturated rings. The number of nitrogens with one attached hydrogen (secondary N) is 1. The Morgan fingerprint density at radius 2 is 1.83 bits per heavy atom. The van der Waals surface area contributed by atoms with E-state index in [0.29, 0.717) is 29.6 Å². The number of rotatable bonds is 6. The Morgan fingerprint density at radius 1 is 1.13 bits per heavy atom. The van der Waals surface area contributed by atoms with Crippen molar-refractivity contribution in [1.82, 2.24) is 0 Å². The first kappa shape index (κ1) is 17.6. The van der Waals surface area contributed by atoms with Crippen LogP contribution in [0.2, 0.25) is 10.0 Å². The molecule has 0 saturated carbocycles. The minimum absolute atomic E-state index is 0.0822. The number of nitrogens with zero attached hydrogens (tertiary/aromatic N) is 1. The van der Waals surface area contributed by atoms with Crippen LogP contribution in [-0.2, 0) is 4.79 Å². The number of carbonyl (C=O) groups excluding carboxylic acids is 1. The van der Waals surface area contributed by atoms with Gasteiger partial charge in [0, 0.05) is 40.9 Å². The van der Waals surface area contributed by atoms with E-state index < -0.39 is 0 Å². The van der Waals surface area contributed by atoms with Crippen molar-refractivity contribution in [2.75, 3.05) is 23.3 Å². The summed E-state index contributed by atoms with van der Waals surface area (Å²) in [5.41, 5.74) is 2.89. The smallest absolute Gasteiger partial charge is 0.228 e. The average molecular weight is 351 g/mol. The summed E-state index contributed by atoms with van der Waals surface area (Å²) < 4.78 is 0. The van der Waals surface area contributed by atoms with Gasteiger partial charge in [0.05, 0.1) is 0 Å². The van der Waals surface area contributed by atoms with Crippen LogP contribution in [-0.4, -0.2) is 19.0 Å². The molecule has 23 heavy (non-hydrogen) atoms. The Kier molecular flexibility index (Phi) is 6.31. The third-order valence-electron chi connectivity index (χ3n) is 3.46. The Balaban J connectivity index is 1.95. The number of halogens is 2. The zero-order chi connectivity index (χ0) is 16.8. The first-order chi connectivity index (χ1) is 11.0. The zero-order valence-electron chi connectivity index (χ0n) is 13.3. The van der Waals surface area contributed by atoms with Gasteiger partial charge in [-0.05, 0) is 49.7 Å². The van der Waals surface area contributed by atoms with Gasteiger partial charge >= 0.3 is 0 Å². The lowest BCUT2D eigenvalue weighted by Gasteiger charge is -2.21. The molecule has 2 rings (SSSR count). The molecule has 0 spiro atoms. The zero-order valence-corrected chi connectivity index (χ0v) is 14.8. The predicted molar refractivity (Wildman–Crippen MR) is 98.8 cm³/mol. The van der Waals surface area contributed by atoms with E-state index in [1.165, 1.54) is 0 Å². The minimum atomic E-state index is 0.0822. The van der Waals surface area contributed by atoms with Gasteiger partial charge in [-0.15, -0.1) is 0 Å². The van der Waals surface area contributed by atoms with Crippen molar-refractivity contribution in [3.8, 4) is 0 Å². The quantitative estimate of drug-likeness (QED) is 0.780. The van der Waals surface area contributed by atoms with Crippen LogP contribution in [0.25, 0.3) is 0 Å². The Hall–Kier alpha value is -1.71. The lowest BCUT2D eigenvalue weighted by atomic mass is 10.2. The van der Waals surface area contributed by atoms with Crippen LogP contribution in [0.1, 0.15) is 18.9 Å². The number of hydrogen-bond donors (Lipinski definition) is 1. The van der Waals surface area contributed by atoms with Crippen LogP contribution < -0.4 is 10.2 Å². The molecule has 2 aromatic carbocycles. The molecule has 5 heteroatoms. The summed E-state index contributed by atoms with van der Waals surface area (Å²) in [6.07, 6.45) is 0.395. The number of amides is 1. The van der Waals surface area contributed by atoms with Crippen molar-refractivity contribution in [2.24, 2.45) is 0 Å². The summed E-state index contributed by atoms with van der Waals surface area (Å²) in [7, 11) is 0. The standard InChI is InChI=1S/C18H20Cl2N2O/c1-3-22(17-6-4-5-13(2)9-17)18(23)7-8-21-16-11-14(19)10-15(20)12-16/h4-6,9-12,21H,3,7-8H2,1-2H3. The van der Waals surface area contributed by atoms with Crippen LogP contribution in [0.3, 0.4) is 0 Å². The first-order valence-electron chi connectivity index (χ1n) is 7.56. The highest BCUT2D eigenvalue weighted by Gasteiger charge is 2.13. The van der Waals surface area contributed by atoms with E-state index >= 15 is 0 Å². The van der Waals surface area contributed by atoms with Crippen molar-refractivity contribution in [1.29, 1.82) is 0 Å². The fourth-order valence-electron chi connectivity index (χ4n) is 2.40. The van der Waals surface area contributed by atoms with Crippen molar-refractivity contribution < 1.29 is 4.79 Å². The molecule has 122 valence electrons. The third kappa shape index (κ3) is 5.15. The number of benzene rings is 2. The molecule has 0 aliphatic rings. The van der Waals surface area contributed by atoms with Crippen LogP contribution in [0, 0.1) is 6.92 Å². The molecule has 0 unspecified atom stereocenters. The molecule has 2 aromatic rings. The van der Waals surface area contributed by atoms with Crippen molar-refractivity contribution in [2.45, 2.75) is 20.3 Å². The maximum atomic E-state index is 12.4. The van der Waals surface area contributed by atoms with Gasteiger partial charge in [0.1, 0.15) is 0 Å². The molecule has 1 N–H and O–H groups in total. The second kappa shape index (κ2) is 8.23. The highest BCUT2D eigenvalue weighted by molar-refractivity contribution is 6.35. The number of anilines is 2. The summed E-state index contributed by atoms with van der Waals surface area (Å²) in [6, 6.07) is 13.2. The molecule has 3 nitrogen and oxygen atoms in total. The maximum absolute atomic E-state index is 12.4. The van der Waals surface area contributed by atoms with E-state index in [4.69, 9.17) is 23.2 Å². The summed E-state index contributed by atoms with van der Waals surface area (Å²) in [5.74, 6) is 0.0822. The number of hydrogen-bond acceptors (Lipinski definition) is 2. The second-order valence-electron chi connectivity index (χ2n) is 5.31. The van der Waals surface area contributed by atoms with E-state index in [2.05, 4.69) is 5.32 Å². The molecule has 0 heterocycles. The van der Waals surface area contributed by atoms with Gasteiger partial charge in [0.25, 0.3) is 0 Å². The maximum Gasteiger partial charge on any atom is 0.228 e. The van der Waals surface area contributed by atoms with E-state index in [9.17, 15) is 4.79 Å². The van der Waals surface area contributed by atoms with Crippen LogP contribution >= 0.6 is 23.2 Å². The second-order valence-corrected chi connectivity index (χ2v) is 6.18. The fourth-order valence-corrected chi connectivity index (χ4v) is 2.93. The van der Waals surface area contributed by atoms with Crippen LogP contribution in [0.5, 0.6) is 0 Å². The largest absolute Gasteiger partial charge is 0.384 e. The average Bonchev–Trinajstić information content (AvgIpc) is 2.47. The molecular formula is C18H20Cl2N2O. The van der Waals surface area contributed by atoms with Gasteiger partial charge in [0.2, 0.25) is 5.91 Å². The Labute approximate surface area is 147 Å². The lowest BCUT2D eigenvalue weighted by molar-refractivity contribution is -0.118. The van der Waals surface area contributed by atoms with E-state index in [0.717, 1.165) is 16.9 Å². The van der Waals surface area contributed by atoms with Gasteiger partial charge in [0.15, 0.2) is 0 Å². The van der Waals surface area contributed by atoms with Gasteiger partial charge in [-0.1, -0.05) is 35.3 Å². The molecule has 0 saturated heterocycles. The van der Waals surface area contributed by atoms with Crippen LogP contribution in [0.4, 0.5) is 11.4 Å².